The Bertz CT molecular complexity index is 1090. The van der Waals surface area contributed by atoms with Crippen molar-refractivity contribution >= 4 is 23.6 Å². The van der Waals surface area contributed by atoms with Crippen molar-refractivity contribution in [2.75, 3.05) is 12.4 Å². The highest BCUT2D eigenvalue weighted by Crippen LogP contribution is 2.29. The largest absolute Gasteiger partial charge is 0.493 e. The molecule has 1 amide bonds. The number of hydrogen-bond donors (Lipinski definition) is 2. The monoisotopic (exact) mass is 407 g/mol. The number of aryl methyl sites for hydroxylation is 1. The lowest BCUT2D eigenvalue weighted by Crippen LogP contribution is -2.11. The Morgan fingerprint density at radius 2 is 2.00 bits per heavy atom. The number of hydrogen-bond acceptors (Lipinski definition) is 5. The van der Waals surface area contributed by atoms with E-state index in [9.17, 15) is 14.7 Å². The van der Waals surface area contributed by atoms with Crippen molar-refractivity contribution in [2.45, 2.75) is 6.61 Å². The summed E-state index contributed by atoms with van der Waals surface area (Å²) in [6.45, 7) is 0.352. The number of ether oxygens (including phenoxy) is 2. The van der Waals surface area contributed by atoms with Crippen LogP contribution >= 0.6 is 0 Å². The summed E-state index contributed by atoms with van der Waals surface area (Å²) < 4.78 is 12.9. The number of carbonyl (C=O) groups is 2. The predicted molar refractivity (Wildman–Crippen MR) is 112 cm³/mol. The van der Waals surface area contributed by atoms with Gasteiger partial charge in [0.15, 0.2) is 11.5 Å². The van der Waals surface area contributed by atoms with E-state index in [2.05, 4.69) is 10.4 Å². The van der Waals surface area contributed by atoms with Crippen LogP contribution in [0.15, 0.2) is 60.9 Å². The third kappa shape index (κ3) is 5.26. The van der Waals surface area contributed by atoms with Gasteiger partial charge in [0.05, 0.1) is 24.6 Å². The van der Waals surface area contributed by atoms with Crippen molar-refractivity contribution in [3.63, 3.8) is 0 Å². The van der Waals surface area contributed by atoms with Gasteiger partial charge in [0, 0.05) is 24.9 Å². The molecule has 0 aliphatic carbocycles. The Hall–Kier alpha value is -4.07. The first kappa shape index (κ1) is 20.7. The van der Waals surface area contributed by atoms with Gasteiger partial charge in [-0.25, -0.2) is 4.79 Å². The number of nitrogens with zero attached hydrogens (tertiary/aromatic N) is 2. The second-order valence-electron chi connectivity index (χ2n) is 6.39. The second-order valence-corrected chi connectivity index (χ2v) is 6.39. The summed E-state index contributed by atoms with van der Waals surface area (Å²) in [5, 5.41) is 15.9. The van der Waals surface area contributed by atoms with E-state index >= 15 is 0 Å². The topological polar surface area (TPSA) is 103 Å². The molecule has 8 heteroatoms. The van der Waals surface area contributed by atoms with Crippen LogP contribution in [-0.2, 0) is 18.4 Å². The molecule has 0 saturated carbocycles. The molecular weight excluding hydrogens is 386 g/mol. The smallest absolute Gasteiger partial charge is 0.337 e. The third-order valence-corrected chi connectivity index (χ3v) is 4.18. The van der Waals surface area contributed by atoms with Crippen molar-refractivity contribution in [2.24, 2.45) is 7.05 Å². The van der Waals surface area contributed by atoms with Crippen LogP contribution in [0, 0.1) is 0 Å². The highest BCUT2D eigenvalue weighted by atomic mass is 16.5. The maximum atomic E-state index is 12.2. The lowest BCUT2D eigenvalue weighted by molar-refractivity contribution is -0.111. The molecule has 0 unspecified atom stereocenters. The van der Waals surface area contributed by atoms with Gasteiger partial charge in [0.25, 0.3) is 0 Å². The van der Waals surface area contributed by atoms with E-state index in [0.29, 0.717) is 18.1 Å². The van der Waals surface area contributed by atoms with E-state index < -0.39 is 11.9 Å². The fraction of sp³-hybridized carbons (Fsp3) is 0.136. The summed E-state index contributed by atoms with van der Waals surface area (Å²) in [6.07, 6.45) is 6.52. The van der Waals surface area contributed by atoms with Gasteiger partial charge in [-0.1, -0.05) is 18.2 Å². The average Bonchev–Trinajstić information content (AvgIpc) is 3.16. The molecule has 3 rings (SSSR count). The molecule has 3 aromatic rings. The zero-order valence-electron chi connectivity index (χ0n) is 16.5. The Morgan fingerprint density at radius 1 is 1.20 bits per heavy atom. The number of rotatable bonds is 8. The highest BCUT2D eigenvalue weighted by molar-refractivity contribution is 6.06. The second kappa shape index (κ2) is 9.42. The molecule has 154 valence electrons. The Kier molecular flexibility index (Phi) is 6.49. The fourth-order valence-electron chi connectivity index (χ4n) is 2.74. The number of nitrogens with one attached hydrogen (secondary N) is 1. The number of anilines is 1. The molecule has 8 nitrogen and oxygen atoms in total. The van der Waals surface area contributed by atoms with Crippen LogP contribution in [0.5, 0.6) is 11.5 Å². The van der Waals surface area contributed by atoms with Gasteiger partial charge in [-0.3, -0.25) is 9.48 Å². The van der Waals surface area contributed by atoms with Crippen LogP contribution in [0.25, 0.3) is 6.08 Å². The molecule has 0 radical (unpaired) electrons. The number of carboxylic acids is 1. The molecule has 0 fully saturated rings. The van der Waals surface area contributed by atoms with Gasteiger partial charge in [0.2, 0.25) is 5.91 Å². The molecule has 0 spiro atoms. The van der Waals surface area contributed by atoms with Crippen LogP contribution < -0.4 is 14.8 Å². The minimum atomic E-state index is -1.11. The Labute approximate surface area is 173 Å². The number of aromatic nitrogens is 2. The third-order valence-electron chi connectivity index (χ3n) is 4.18. The summed E-state index contributed by atoms with van der Waals surface area (Å²) in [4.78, 5) is 23.4. The standard InChI is InChI=1S/C22H21N3O5/c1-25-13-16(12-23-25)14-30-19-9-7-15(11-20(19)29-2)8-10-21(26)24-18-6-4-3-5-17(18)22(27)28/h3-13H,14H2,1-2H3,(H,24,26)(H,27,28). The van der Waals surface area contributed by atoms with Gasteiger partial charge in [-0.15, -0.1) is 0 Å². The number of carboxylic acid groups (broad SMARTS) is 1. The molecule has 0 aliphatic heterocycles. The molecule has 2 N–H and O–H groups in total. The number of benzene rings is 2. The van der Waals surface area contributed by atoms with Crippen molar-refractivity contribution in [3.8, 4) is 11.5 Å². The molecule has 0 aliphatic rings. The Balaban J connectivity index is 1.66. The van der Waals surface area contributed by atoms with Gasteiger partial charge >= 0.3 is 5.97 Å². The summed E-state index contributed by atoms with van der Waals surface area (Å²) >= 11 is 0. The summed E-state index contributed by atoms with van der Waals surface area (Å²) in [5.74, 6) is -0.461. The van der Waals surface area contributed by atoms with Crippen LogP contribution in [0.4, 0.5) is 5.69 Å². The molecule has 0 atom stereocenters. The number of methoxy groups -OCH3 is 1. The quantitative estimate of drug-likeness (QED) is 0.555. The SMILES string of the molecule is COc1cc(C=CC(=O)Nc2ccccc2C(=O)O)ccc1OCc1cnn(C)c1. The average molecular weight is 407 g/mol. The lowest BCUT2D eigenvalue weighted by atomic mass is 10.1. The maximum Gasteiger partial charge on any atom is 0.337 e. The van der Waals surface area contributed by atoms with E-state index in [4.69, 9.17) is 9.47 Å². The maximum absolute atomic E-state index is 12.2. The van der Waals surface area contributed by atoms with E-state index in [1.807, 2.05) is 13.2 Å². The molecular formula is C22H21N3O5. The number of para-hydroxylation sites is 1. The van der Waals surface area contributed by atoms with Gasteiger partial charge in [-0.05, 0) is 35.9 Å². The number of aromatic carboxylic acids is 1. The summed E-state index contributed by atoms with van der Waals surface area (Å²) in [5.41, 5.74) is 1.91. The van der Waals surface area contributed by atoms with Gasteiger partial charge < -0.3 is 19.9 Å². The zero-order chi connectivity index (χ0) is 21.5. The first-order chi connectivity index (χ1) is 14.5. The molecule has 30 heavy (non-hydrogen) atoms. The van der Waals surface area contributed by atoms with Gasteiger partial charge in [0.1, 0.15) is 6.61 Å². The van der Waals surface area contributed by atoms with Gasteiger partial charge in [-0.2, -0.15) is 5.10 Å². The first-order valence-corrected chi connectivity index (χ1v) is 9.06. The molecule has 0 bridgehead atoms. The van der Waals surface area contributed by atoms with Crippen LogP contribution in [0.1, 0.15) is 21.5 Å². The number of amides is 1. The summed E-state index contributed by atoms with van der Waals surface area (Å²) in [6, 6.07) is 11.5. The van der Waals surface area contributed by atoms with Crippen LogP contribution in [0.2, 0.25) is 0 Å². The molecule has 2 aromatic carbocycles. The van der Waals surface area contributed by atoms with Crippen molar-refractivity contribution in [3.05, 3.63) is 77.6 Å². The lowest BCUT2D eigenvalue weighted by Gasteiger charge is -2.10. The Morgan fingerprint density at radius 3 is 2.70 bits per heavy atom. The summed E-state index contributed by atoms with van der Waals surface area (Å²) in [7, 11) is 3.37. The van der Waals surface area contributed by atoms with E-state index in [-0.39, 0.29) is 11.3 Å². The highest BCUT2D eigenvalue weighted by Gasteiger charge is 2.10. The predicted octanol–water partition coefficient (Wildman–Crippen LogP) is 3.36. The zero-order valence-corrected chi connectivity index (χ0v) is 16.5. The van der Waals surface area contributed by atoms with Crippen LogP contribution in [-0.4, -0.2) is 33.9 Å². The van der Waals surface area contributed by atoms with Crippen molar-refractivity contribution in [1.82, 2.24) is 9.78 Å². The van der Waals surface area contributed by atoms with Crippen LogP contribution in [0.3, 0.4) is 0 Å². The van der Waals surface area contributed by atoms with Crippen molar-refractivity contribution < 1.29 is 24.2 Å². The number of carbonyl (C=O) groups excluding carboxylic acids is 1. The first-order valence-electron chi connectivity index (χ1n) is 9.06. The molecule has 1 aromatic heterocycles. The fourth-order valence-corrected chi connectivity index (χ4v) is 2.74. The molecule has 0 saturated heterocycles. The van der Waals surface area contributed by atoms with E-state index in [1.165, 1.54) is 25.3 Å². The normalized spacial score (nSPS) is 10.7. The van der Waals surface area contributed by atoms with E-state index in [0.717, 1.165) is 11.1 Å². The van der Waals surface area contributed by atoms with E-state index in [1.54, 1.807) is 47.3 Å². The molecule has 1 heterocycles. The van der Waals surface area contributed by atoms with Crippen molar-refractivity contribution in [1.29, 1.82) is 0 Å². The minimum absolute atomic E-state index is 0.0241. The minimum Gasteiger partial charge on any atom is -0.493 e.